The molecule has 2 aromatic rings. The molecule has 1 atom stereocenters. The molecular weight excluding hydrogens is 284 g/mol. The first-order valence-electron chi connectivity index (χ1n) is 5.63. The highest BCUT2D eigenvalue weighted by atomic mass is 79.9. The van der Waals surface area contributed by atoms with Gasteiger partial charge in [0.1, 0.15) is 5.39 Å². The van der Waals surface area contributed by atoms with Crippen molar-refractivity contribution in [3.63, 3.8) is 0 Å². The van der Waals surface area contributed by atoms with Crippen molar-refractivity contribution in [2.24, 2.45) is 5.92 Å². The third-order valence-electron chi connectivity index (χ3n) is 3.48. The molecule has 2 heterocycles. The van der Waals surface area contributed by atoms with Crippen LogP contribution in [0, 0.1) is 5.92 Å². The Morgan fingerprint density at radius 3 is 3.00 bits per heavy atom. The average molecular weight is 297 g/mol. The van der Waals surface area contributed by atoms with Gasteiger partial charge >= 0.3 is 0 Å². The van der Waals surface area contributed by atoms with E-state index in [4.69, 9.17) is 5.73 Å². The molecule has 0 saturated heterocycles. The maximum atomic E-state index is 12.3. The van der Waals surface area contributed by atoms with Crippen LogP contribution in [0.3, 0.4) is 0 Å². The summed E-state index contributed by atoms with van der Waals surface area (Å²) in [6.45, 7) is 2.08. The first-order valence-corrected chi connectivity index (χ1v) is 6.43. The van der Waals surface area contributed by atoms with Crippen LogP contribution in [0.5, 0.6) is 0 Å². The molecule has 6 heteroatoms. The van der Waals surface area contributed by atoms with E-state index in [1.54, 1.807) is 4.57 Å². The number of hydrogen-bond donors (Lipinski definition) is 2. The molecular formula is C11H13BrN4O. The standard InChI is InChI=1S/C11H13BrN4O/c1-5(6-2-3-6)16-4-7(12)9-8(11(16)17)10(13)15-14-9/h4-6H,2-3H2,1H3,(H3,13,14,15)/t5-/m1/s1. The van der Waals surface area contributed by atoms with Crippen LogP contribution in [0.1, 0.15) is 25.8 Å². The van der Waals surface area contributed by atoms with Crippen molar-refractivity contribution in [1.82, 2.24) is 14.8 Å². The molecule has 0 amide bonds. The van der Waals surface area contributed by atoms with Gasteiger partial charge in [0.2, 0.25) is 0 Å². The van der Waals surface area contributed by atoms with Gasteiger partial charge in [0, 0.05) is 12.2 Å². The van der Waals surface area contributed by atoms with E-state index in [2.05, 4.69) is 33.1 Å². The van der Waals surface area contributed by atoms with Gasteiger partial charge in [-0.25, -0.2) is 0 Å². The minimum atomic E-state index is -0.0612. The quantitative estimate of drug-likeness (QED) is 0.890. The van der Waals surface area contributed by atoms with Crippen LogP contribution < -0.4 is 11.3 Å². The Balaban J connectivity index is 2.28. The van der Waals surface area contributed by atoms with E-state index in [1.165, 1.54) is 12.8 Å². The lowest BCUT2D eigenvalue weighted by atomic mass is 10.2. The van der Waals surface area contributed by atoms with E-state index in [0.29, 0.717) is 16.8 Å². The van der Waals surface area contributed by atoms with Gasteiger partial charge in [0.15, 0.2) is 5.82 Å². The number of rotatable bonds is 2. The van der Waals surface area contributed by atoms with Gasteiger partial charge in [-0.1, -0.05) is 0 Å². The van der Waals surface area contributed by atoms with Gasteiger partial charge in [0.05, 0.1) is 9.99 Å². The zero-order valence-electron chi connectivity index (χ0n) is 9.40. The first kappa shape index (κ1) is 10.8. The Labute approximate surface area is 106 Å². The van der Waals surface area contributed by atoms with Crippen molar-refractivity contribution in [3.05, 3.63) is 21.0 Å². The van der Waals surface area contributed by atoms with Crippen molar-refractivity contribution < 1.29 is 0 Å². The van der Waals surface area contributed by atoms with E-state index in [9.17, 15) is 4.79 Å². The van der Waals surface area contributed by atoms with Gasteiger partial charge < -0.3 is 10.3 Å². The van der Waals surface area contributed by atoms with Gasteiger partial charge in [0.25, 0.3) is 5.56 Å². The van der Waals surface area contributed by atoms with Crippen LogP contribution in [-0.4, -0.2) is 14.8 Å². The monoisotopic (exact) mass is 296 g/mol. The summed E-state index contributed by atoms with van der Waals surface area (Å²) in [5.74, 6) is 0.883. The van der Waals surface area contributed by atoms with Crippen LogP contribution in [-0.2, 0) is 0 Å². The topological polar surface area (TPSA) is 76.7 Å². The molecule has 0 unspecified atom stereocenters. The summed E-state index contributed by atoms with van der Waals surface area (Å²) in [6.07, 6.45) is 4.22. The summed E-state index contributed by atoms with van der Waals surface area (Å²) >= 11 is 3.45. The molecule has 0 aliphatic heterocycles. The minimum absolute atomic E-state index is 0.0612. The Hall–Kier alpha value is -1.30. The predicted octanol–water partition coefficient (Wildman–Crippen LogP) is 2.04. The van der Waals surface area contributed by atoms with Gasteiger partial charge in [-0.3, -0.25) is 9.89 Å². The largest absolute Gasteiger partial charge is 0.382 e. The summed E-state index contributed by atoms with van der Waals surface area (Å²) in [4.78, 5) is 12.3. The number of nitrogens with zero attached hydrogens (tertiary/aromatic N) is 2. The second-order valence-corrected chi connectivity index (χ2v) is 5.48. The molecule has 0 spiro atoms. The number of fused-ring (bicyclic) bond motifs is 1. The zero-order valence-corrected chi connectivity index (χ0v) is 11.0. The molecule has 0 bridgehead atoms. The number of nitrogens with two attached hydrogens (primary N) is 1. The summed E-state index contributed by atoms with van der Waals surface area (Å²) in [5.41, 5.74) is 6.34. The fraction of sp³-hybridized carbons (Fsp3) is 0.455. The first-order chi connectivity index (χ1) is 8.09. The highest BCUT2D eigenvalue weighted by Crippen LogP contribution is 2.39. The predicted molar refractivity (Wildman–Crippen MR) is 69.9 cm³/mol. The summed E-state index contributed by atoms with van der Waals surface area (Å²) < 4.78 is 2.58. The summed E-state index contributed by atoms with van der Waals surface area (Å²) in [6, 6.07) is 0.220. The van der Waals surface area contributed by atoms with Gasteiger partial charge in [-0.2, -0.15) is 5.10 Å². The van der Waals surface area contributed by atoms with Crippen molar-refractivity contribution in [2.45, 2.75) is 25.8 Å². The molecule has 2 aromatic heterocycles. The van der Waals surface area contributed by atoms with E-state index in [0.717, 1.165) is 4.47 Å². The second kappa shape index (κ2) is 3.60. The number of halogens is 1. The number of nitrogen functional groups attached to an aromatic ring is 1. The van der Waals surface area contributed by atoms with E-state index in [-0.39, 0.29) is 17.4 Å². The smallest absolute Gasteiger partial charge is 0.264 e. The number of H-pyrrole nitrogens is 1. The maximum absolute atomic E-state index is 12.3. The Morgan fingerprint density at radius 1 is 1.65 bits per heavy atom. The van der Waals surface area contributed by atoms with Crippen molar-refractivity contribution in [2.75, 3.05) is 5.73 Å². The number of aromatic amines is 1. The van der Waals surface area contributed by atoms with Crippen LogP contribution in [0.2, 0.25) is 0 Å². The molecule has 1 fully saturated rings. The molecule has 17 heavy (non-hydrogen) atoms. The molecule has 90 valence electrons. The highest BCUT2D eigenvalue weighted by Gasteiger charge is 2.30. The number of aromatic nitrogens is 3. The van der Waals surface area contributed by atoms with Gasteiger partial charge in [-0.05, 0) is 41.6 Å². The third kappa shape index (κ3) is 1.58. The molecule has 0 radical (unpaired) electrons. The van der Waals surface area contributed by atoms with Crippen molar-refractivity contribution in [3.8, 4) is 0 Å². The summed E-state index contributed by atoms with van der Waals surface area (Å²) in [5, 5.41) is 7.14. The molecule has 1 aliphatic carbocycles. The average Bonchev–Trinajstić information content (AvgIpc) is 3.06. The molecule has 0 aromatic carbocycles. The second-order valence-electron chi connectivity index (χ2n) is 4.63. The Kier molecular flexibility index (Phi) is 2.29. The van der Waals surface area contributed by atoms with Crippen molar-refractivity contribution in [1.29, 1.82) is 0 Å². The number of anilines is 1. The Bertz CT molecular complexity index is 641. The molecule has 5 nitrogen and oxygen atoms in total. The number of hydrogen-bond acceptors (Lipinski definition) is 3. The maximum Gasteiger partial charge on any atom is 0.264 e. The van der Waals surface area contributed by atoms with Crippen LogP contribution in [0.25, 0.3) is 10.9 Å². The van der Waals surface area contributed by atoms with E-state index >= 15 is 0 Å². The van der Waals surface area contributed by atoms with Crippen LogP contribution in [0.4, 0.5) is 5.82 Å². The fourth-order valence-corrected chi connectivity index (χ4v) is 2.74. The molecule has 3 N–H and O–H groups in total. The fourth-order valence-electron chi connectivity index (χ4n) is 2.23. The minimum Gasteiger partial charge on any atom is -0.382 e. The zero-order chi connectivity index (χ0) is 12.2. The summed E-state index contributed by atoms with van der Waals surface area (Å²) in [7, 11) is 0. The normalized spacial score (nSPS) is 17.5. The third-order valence-corrected chi connectivity index (χ3v) is 4.08. The van der Waals surface area contributed by atoms with Crippen LogP contribution in [0.15, 0.2) is 15.5 Å². The number of nitrogens with one attached hydrogen (secondary N) is 1. The van der Waals surface area contributed by atoms with Gasteiger partial charge in [-0.15, -0.1) is 0 Å². The van der Waals surface area contributed by atoms with E-state index < -0.39 is 0 Å². The lowest BCUT2D eigenvalue weighted by molar-refractivity contribution is 0.473. The SMILES string of the molecule is C[C@H](C1CC1)n1cc(Br)c2[nH]nc(N)c2c1=O. The Morgan fingerprint density at radius 2 is 2.35 bits per heavy atom. The lowest BCUT2D eigenvalue weighted by Crippen LogP contribution is -2.24. The molecule has 3 rings (SSSR count). The van der Waals surface area contributed by atoms with Crippen LogP contribution >= 0.6 is 15.9 Å². The highest BCUT2D eigenvalue weighted by molar-refractivity contribution is 9.10. The number of pyridine rings is 1. The molecule has 1 aliphatic rings. The van der Waals surface area contributed by atoms with Crippen molar-refractivity contribution >= 4 is 32.7 Å². The van der Waals surface area contributed by atoms with E-state index in [1.807, 2.05) is 6.20 Å². The lowest BCUT2D eigenvalue weighted by Gasteiger charge is -2.14. The molecule has 1 saturated carbocycles.